The monoisotopic (exact) mass is 260 g/mol. The molecule has 0 spiro atoms. The Hall–Kier alpha value is -0.460. The van der Waals surface area contributed by atoms with E-state index in [9.17, 15) is 0 Å². The van der Waals surface area contributed by atoms with Gasteiger partial charge in [-0.2, -0.15) is 4.37 Å². The molecule has 0 saturated carbocycles. The van der Waals surface area contributed by atoms with Crippen molar-refractivity contribution in [2.45, 2.75) is 17.7 Å². The predicted octanol–water partition coefficient (Wildman–Crippen LogP) is 2.20. The lowest BCUT2D eigenvalue weighted by molar-refractivity contribution is 0.396. The van der Waals surface area contributed by atoms with Crippen molar-refractivity contribution in [3.05, 3.63) is 0 Å². The first-order valence-electron chi connectivity index (χ1n) is 5.33. The highest BCUT2D eigenvalue weighted by molar-refractivity contribution is 7.99. The molecule has 0 amide bonds. The van der Waals surface area contributed by atoms with E-state index in [0.29, 0.717) is 5.82 Å². The molecule has 1 aromatic rings. The largest absolute Gasteiger partial charge is 0.382 e. The summed E-state index contributed by atoms with van der Waals surface area (Å²) in [6, 6.07) is 0. The van der Waals surface area contributed by atoms with E-state index in [4.69, 9.17) is 5.73 Å². The van der Waals surface area contributed by atoms with E-state index in [1.165, 1.54) is 24.4 Å². The summed E-state index contributed by atoms with van der Waals surface area (Å²) < 4.78 is 4.14. The number of hydrogen-bond acceptors (Lipinski definition) is 6. The molecule has 0 fully saturated rings. The van der Waals surface area contributed by atoms with E-state index in [2.05, 4.69) is 28.7 Å². The Labute approximate surface area is 106 Å². The number of aromatic nitrogens is 1. The number of nitrogens with two attached hydrogens (primary N) is 1. The summed E-state index contributed by atoms with van der Waals surface area (Å²) in [5.74, 6) is 0.647. The van der Waals surface area contributed by atoms with Gasteiger partial charge in [0, 0.05) is 6.54 Å². The van der Waals surface area contributed by atoms with Crippen LogP contribution in [-0.2, 0) is 0 Å². The van der Waals surface area contributed by atoms with Crippen LogP contribution in [0.3, 0.4) is 0 Å². The summed E-state index contributed by atoms with van der Waals surface area (Å²) in [5.41, 5.74) is 5.75. The van der Waals surface area contributed by atoms with Crippen LogP contribution in [0.15, 0.2) is 4.90 Å². The average Bonchev–Trinajstić information content (AvgIpc) is 2.58. The quantitative estimate of drug-likeness (QED) is 0.581. The Bertz CT molecular complexity index is 312. The van der Waals surface area contributed by atoms with Crippen molar-refractivity contribution in [3.63, 3.8) is 0 Å². The van der Waals surface area contributed by atoms with Gasteiger partial charge in [-0.3, -0.25) is 0 Å². The van der Waals surface area contributed by atoms with Crippen LogP contribution in [0.1, 0.15) is 12.8 Å². The number of unbranched alkanes of at least 4 members (excludes halogenated alkanes) is 1. The maximum Gasteiger partial charge on any atom is 0.153 e. The third-order valence-corrected chi connectivity index (χ3v) is 3.97. The number of anilines is 2. The SMILES string of the molecule is CSc1c(N)nsc1NCCCCN(C)C. The van der Waals surface area contributed by atoms with Crippen LogP contribution in [0, 0.1) is 0 Å². The zero-order chi connectivity index (χ0) is 12.0. The van der Waals surface area contributed by atoms with E-state index in [0.717, 1.165) is 23.0 Å². The minimum Gasteiger partial charge on any atom is -0.382 e. The predicted molar refractivity (Wildman–Crippen MR) is 74.6 cm³/mol. The van der Waals surface area contributed by atoms with E-state index in [1.54, 1.807) is 11.8 Å². The third kappa shape index (κ3) is 4.19. The first kappa shape index (κ1) is 13.6. The highest BCUT2D eigenvalue weighted by Crippen LogP contribution is 2.34. The van der Waals surface area contributed by atoms with Crippen molar-refractivity contribution in [1.82, 2.24) is 9.27 Å². The van der Waals surface area contributed by atoms with Crippen LogP contribution in [0.2, 0.25) is 0 Å². The fourth-order valence-corrected chi connectivity index (χ4v) is 2.93. The van der Waals surface area contributed by atoms with Crippen molar-refractivity contribution in [1.29, 1.82) is 0 Å². The Morgan fingerprint density at radius 3 is 2.81 bits per heavy atom. The van der Waals surface area contributed by atoms with E-state index >= 15 is 0 Å². The molecule has 1 aromatic heterocycles. The van der Waals surface area contributed by atoms with Crippen molar-refractivity contribution >= 4 is 34.1 Å². The van der Waals surface area contributed by atoms with Gasteiger partial charge in [0.1, 0.15) is 5.00 Å². The van der Waals surface area contributed by atoms with Gasteiger partial charge in [-0.05, 0) is 51.3 Å². The van der Waals surface area contributed by atoms with Gasteiger partial charge in [0.2, 0.25) is 0 Å². The summed E-state index contributed by atoms with van der Waals surface area (Å²) in [7, 11) is 4.20. The van der Waals surface area contributed by atoms with Gasteiger partial charge in [-0.1, -0.05) is 0 Å². The van der Waals surface area contributed by atoms with Crippen molar-refractivity contribution in [3.8, 4) is 0 Å². The second-order valence-electron chi connectivity index (χ2n) is 3.87. The molecule has 0 saturated heterocycles. The lowest BCUT2D eigenvalue weighted by Crippen LogP contribution is -2.14. The second kappa shape index (κ2) is 6.98. The minimum absolute atomic E-state index is 0.647. The van der Waals surface area contributed by atoms with Crippen LogP contribution in [0.5, 0.6) is 0 Å². The molecule has 0 atom stereocenters. The first-order valence-corrected chi connectivity index (χ1v) is 7.32. The van der Waals surface area contributed by atoms with Crippen molar-refractivity contribution in [2.24, 2.45) is 0 Å². The molecule has 16 heavy (non-hydrogen) atoms. The van der Waals surface area contributed by atoms with E-state index in [-0.39, 0.29) is 0 Å². The average molecular weight is 260 g/mol. The van der Waals surface area contributed by atoms with Crippen LogP contribution in [0.4, 0.5) is 10.8 Å². The van der Waals surface area contributed by atoms with E-state index in [1.807, 2.05) is 6.26 Å². The minimum atomic E-state index is 0.647. The molecule has 0 aliphatic rings. The molecule has 1 rings (SSSR count). The van der Waals surface area contributed by atoms with Crippen LogP contribution >= 0.6 is 23.3 Å². The number of nitrogen functional groups attached to an aromatic ring is 1. The van der Waals surface area contributed by atoms with Crippen LogP contribution < -0.4 is 11.1 Å². The van der Waals surface area contributed by atoms with Gasteiger partial charge >= 0.3 is 0 Å². The number of hydrogen-bond donors (Lipinski definition) is 2. The Kier molecular flexibility index (Phi) is 5.94. The lowest BCUT2D eigenvalue weighted by Gasteiger charge is -2.09. The molecule has 0 bridgehead atoms. The molecule has 0 aliphatic heterocycles. The second-order valence-corrected chi connectivity index (χ2v) is 5.46. The molecule has 92 valence electrons. The highest BCUT2D eigenvalue weighted by Gasteiger charge is 2.09. The van der Waals surface area contributed by atoms with Gasteiger partial charge in [0.05, 0.1) is 4.90 Å². The molecule has 6 heteroatoms. The molecule has 4 nitrogen and oxygen atoms in total. The Morgan fingerprint density at radius 2 is 2.19 bits per heavy atom. The molecule has 1 heterocycles. The molecular formula is C10H20N4S2. The maximum atomic E-state index is 5.75. The summed E-state index contributed by atoms with van der Waals surface area (Å²) in [4.78, 5) is 3.29. The van der Waals surface area contributed by atoms with Gasteiger partial charge in [0.25, 0.3) is 0 Å². The molecule has 0 radical (unpaired) electrons. The van der Waals surface area contributed by atoms with Gasteiger partial charge in [-0.25, -0.2) is 0 Å². The third-order valence-electron chi connectivity index (χ3n) is 2.20. The van der Waals surface area contributed by atoms with Crippen LogP contribution in [-0.4, -0.2) is 42.7 Å². The van der Waals surface area contributed by atoms with Crippen LogP contribution in [0.25, 0.3) is 0 Å². The summed E-state index contributed by atoms with van der Waals surface area (Å²) in [6.45, 7) is 2.13. The lowest BCUT2D eigenvalue weighted by atomic mass is 10.3. The van der Waals surface area contributed by atoms with Crippen molar-refractivity contribution < 1.29 is 0 Å². The summed E-state index contributed by atoms with van der Waals surface area (Å²) in [6.07, 6.45) is 4.41. The fourth-order valence-electron chi connectivity index (χ4n) is 1.36. The van der Waals surface area contributed by atoms with Crippen molar-refractivity contribution in [2.75, 3.05) is 44.5 Å². The zero-order valence-electron chi connectivity index (χ0n) is 10.1. The highest BCUT2D eigenvalue weighted by atomic mass is 32.2. The van der Waals surface area contributed by atoms with Gasteiger partial charge < -0.3 is 16.0 Å². The summed E-state index contributed by atoms with van der Waals surface area (Å²) in [5, 5.41) is 4.50. The maximum absolute atomic E-state index is 5.75. The normalized spacial score (nSPS) is 11.0. The summed E-state index contributed by atoms with van der Waals surface area (Å²) >= 11 is 3.10. The first-order chi connectivity index (χ1) is 7.65. The number of nitrogens with one attached hydrogen (secondary N) is 1. The molecular weight excluding hydrogens is 240 g/mol. The van der Waals surface area contributed by atoms with Gasteiger partial charge in [-0.15, -0.1) is 11.8 Å². The fraction of sp³-hybridized carbons (Fsp3) is 0.700. The Morgan fingerprint density at radius 1 is 1.44 bits per heavy atom. The topological polar surface area (TPSA) is 54.2 Å². The smallest absolute Gasteiger partial charge is 0.153 e. The standard InChI is InChI=1S/C10H20N4S2/c1-14(2)7-5-4-6-12-10-8(15-3)9(11)13-16-10/h12H,4-7H2,1-3H3,(H2,11,13). The van der Waals surface area contributed by atoms with E-state index < -0.39 is 0 Å². The Balaban J connectivity index is 2.26. The number of nitrogens with zero attached hydrogens (tertiary/aromatic N) is 2. The number of thioether (sulfide) groups is 1. The molecule has 0 aromatic carbocycles. The molecule has 0 aliphatic carbocycles. The number of rotatable bonds is 7. The molecule has 3 N–H and O–H groups in total. The van der Waals surface area contributed by atoms with Gasteiger partial charge in [0.15, 0.2) is 5.82 Å². The molecule has 0 unspecified atom stereocenters. The zero-order valence-corrected chi connectivity index (χ0v) is 11.7.